The summed E-state index contributed by atoms with van der Waals surface area (Å²) in [5.41, 5.74) is 4.45. The van der Waals surface area contributed by atoms with Crippen LogP contribution in [-0.2, 0) is 0 Å². The van der Waals surface area contributed by atoms with Gasteiger partial charge in [-0.15, -0.1) is 0 Å². The van der Waals surface area contributed by atoms with Crippen LogP contribution >= 0.6 is 0 Å². The highest BCUT2D eigenvalue weighted by Crippen LogP contribution is 2.39. The van der Waals surface area contributed by atoms with Gasteiger partial charge >= 0.3 is 0 Å². The van der Waals surface area contributed by atoms with E-state index in [4.69, 9.17) is 19.4 Å². The van der Waals surface area contributed by atoms with E-state index >= 15 is 0 Å². The molecule has 10 aromatic rings. The summed E-state index contributed by atoms with van der Waals surface area (Å²) in [5.74, 6) is 1.87. The molecule has 2 aromatic heterocycles. The third-order valence-electron chi connectivity index (χ3n) is 9.31. The van der Waals surface area contributed by atoms with Crippen LogP contribution in [0.5, 0.6) is 0 Å². The minimum Gasteiger partial charge on any atom is -0.456 e. The maximum absolute atomic E-state index is 6.24. The fourth-order valence-corrected chi connectivity index (χ4v) is 7.09. The summed E-state index contributed by atoms with van der Waals surface area (Å²) in [6, 6.07) is 52.9. The zero-order valence-corrected chi connectivity index (χ0v) is 25.2. The van der Waals surface area contributed by atoms with Gasteiger partial charge in [0.25, 0.3) is 0 Å². The first-order chi connectivity index (χ1) is 23.3. The Labute approximate surface area is 269 Å². The van der Waals surface area contributed by atoms with Crippen molar-refractivity contribution in [3.63, 3.8) is 0 Å². The summed E-state index contributed by atoms with van der Waals surface area (Å²) in [4.78, 5) is 15.3. The molecule has 0 saturated heterocycles. The van der Waals surface area contributed by atoms with E-state index in [0.29, 0.717) is 17.5 Å². The zero-order valence-electron chi connectivity index (χ0n) is 25.2. The second kappa shape index (κ2) is 10.1. The summed E-state index contributed by atoms with van der Waals surface area (Å²) in [5, 5.41) is 11.8. The minimum atomic E-state index is 0.602. The van der Waals surface area contributed by atoms with Crippen molar-refractivity contribution in [2.75, 3.05) is 0 Å². The van der Waals surface area contributed by atoms with Crippen molar-refractivity contribution in [2.45, 2.75) is 0 Å². The van der Waals surface area contributed by atoms with Gasteiger partial charge in [0, 0.05) is 32.8 Å². The van der Waals surface area contributed by atoms with Crippen molar-refractivity contribution < 1.29 is 4.42 Å². The average molecular weight is 600 g/mol. The van der Waals surface area contributed by atoms with Crippen LogP contribution in [0.3, 0.4) is 0 Å². The molecule has 0 atom stereocenters. The number of hydrogen-bond donors (Lipinski definition) is 0. The summed E-state index contributed by atoms with van der Waals surface area (Å²) >= 11 is 0. The van der Waals surface area contributed by atoms with Crippen molar-refractivity contribution in [1.82, 2.24) is 15.0 Å². The van der Waals surface area contributed by atoms with Crippen LogP contribution in [0.4, 0.5) is 0 Å². The Morgan fingerprint density at radius 1 is 0.340 bits per heavy atom. The monoisotopic (exact) mass is 599 g/mol. The quantitative estimate of drug-likeness (QED) is 0.190. The van der Waals surface area contributed by atoms with Crippen molar-refractivity contribution >= 4 is 65.0 Å². The van der Waals surface area contributed by atoms with Crippen molar-refractivity contribution in [2.24, 2.45) is 0 Å². The van der Waals surface area contributed by atoms with E-state index in [2.05, 4.69) is 97.1 Å². The Kier molecular flexibility index (Phi) is 5.54. The van der Waals surface area contributed by atoms with Gasteiger partial charge in [-0.05, 0) is 55.9 Å². The van der Waals surface area contributed by atoms with Crippen molar-refractivity contribution in [3.05, 3.63) is 152 Å². The zero-order chi connectivity index (χ0) is 30.9. The average Bonchev–Trinajstić information content (AvgIpc) is 3.52. The number of fused-ring (bicyclic) bond motifs is 10. The largest absolute Gasteiger partial charge is 0.456 e. The van der Waals surface area contributed by atoms with E-state index in [1.165, 1.54) is 32.3 Å². The lowest BCUT2D eigenvalue weighted by Gasteiger charge is -2.14. The number of hydrogen-bond acceptors (Lipinski definition) is 4. The standard InChI is InChI=1S/C43H25N3O/c1-2-10-28(11-3-1)41-44-42(29-19-22-35-34-14-6-7-16-38(34)47-39(35)25-29)46-43(45-41)37-15-8-12-27-18-21-33-32-20-17-26-9-4-5-13-30(26)31(32)23-24-36(33)40(27)37/h1-25H. The summed E-state index contributed by atoms with van der Waals surface area (Å²) in [7, 11) is 0. The molecule has 0 N–H and O–H groups in total. The maximum atomic E-state index is 6.24. The first-order valence-corrected chi connectivity index (χ1v) is 15.8. The lowest BCUT2D eigenvalue weighted by molar-refractivity contribution is 0.669. The molecule has 10 rings (SSSR count). The predicted octanol–water partition coefficient (Wildman–Crippen LogP) is 11.4. The highest BCUT2D eigenvalue weighted by Gasteiger charge is 2.17. The van der Waals surface area contributed by atoms with Crippen molar-refractivity contribution in [1.29, 1.82) is 0 Å². The fourth-order valence-electron chi connectivity index (χ4n) is 7.09. The van der Waals surface area contributed by atoms with Gasteiger partial charge in [0.05, 0.1) is 0 Å². The number of aromatic nitrogens is 3. The molecule has 0 radical (unpaired) electrons. The first-order valence-electron chi connectivity index (χ1n) is 15.8. The normalized spacial score (nSPS) is 11.8. The molecule has 0 aliphatic carbocycles. The van der Waals surface area contributed by atoms with Gasteiger partial charge in [0.15, 0.2) is 17.5 Å². The lowest BCUT2D eigenvalue weighted by Crippen LogP contribution is -2.00. The second-order valence-electron chi connectivity index (χ2n) is 12.0. The van der Waals surface area contributed by atoms with Gasteiger partial charge in [-0.2, -0.15) is 0 Å². The summed E-state index contributed by atoms with van der Waals surface area (Å²) in [6.45, 7) is 0. The molecule has 0 spiro atoms. The van der Waals surface area contributed by atoms with E-state index in [-0.39, 0.29) is 0 Å². The van der Waals surface area contributed by atoms with Gasteiger partial charge in [0.1, 0.15) is 11.2 Å². The Bertz CT molecular complexity index is 2850. The summed E-state index contributed by atoms with van der Waals surface area (Å²) < 4.78 is 6.24. The number of nitrogens with zero attached hydrogens (tertiary/aromatic N) is 3. The molecule has 47 heavy (non-hydrogen) atoms. The first kappa shape index (κ1) is 25.9. The molecule has 0 bridgehead atoms. The maximum Gasteiger partial charge on any atom is 0.164 e. The molecule has 0 aliphatic heterocycles. The van der Waals surface area contributed by atoms with Gasteiger partial charge in [-0.3, -0.25) is 0 Å². The third kappa shape index (κ3) is 4.05. The Morgan fingerprint density at radius 2 is 0.936 bits per heavy atom. The molecule has 0 unspecified atom stereocenters. The highest BCUT2D eigenvalue weighted by atomic mass is 16.3. The van der Waals surface area contributed by atoms with Gasteiger partial charge < -0.3 is 4.42 Å². The van der Waals surface area contributed by atoms with E-state index in [9.17, 15) is 0 Å². The highest BCUT2D eigenvalue weighted by molar-refractivity contribution is 6.24. The molecule has 218 valence electrons. The van der Waals surface area contributed by atoms with E-state index in [0.717, 1.165) is 49.4 Å². The molecular formula is C43H25N3O. The van der Waals surface area contributed by atoms with Gasteiger partial charge in [-0.25, -0.2) is 15.0 Å². The van der Waals surface area contributed by atoms with E-state index in [1.807, 2.05) is 54.6 Å². The number of rotatable bonds is 3. The Hall–Kier alpha value is -6.39. The minimum absolute atomic E-state index is 0.602. The molecule has 4 nitrogen and oxygen atoms in total. The van der Waals surface area contributed by atoms with Crippen LogP contribution in [0.15, 0.2) is 156 Å². The second-order valence-corrected chi connectivity index (χ2v) is 12.0. The molecule has 0 aliphatic rings. The Balaban J connectivity index is 1.23. The van der Waals surface area contributed by atoms with Crippen LogP contribution in [0, 0.1) is 0 Å². The lowest BCUT2D eigenvalue weighted by atomic mass is 9.92. The van der Waals surface area contributed by atoms with Crippen LogP contribution in [-0.4, -0.2) is 15.0 Å². The van der Waals surface area contributed by atoms with Crippen molar-refractivity contribution in [3.8, 4) is 34.2 Å². The van der Waals surface area contributed by atoms with E-state index in [1.54, 1.807) is 0 Å². The molecular weight excluding hydrogens is 574 g/mol. The number of benzene rings is 8. The van der Waals surface area contributed by atoms with Crippen LogP contribution in [0.2, 0.25) is 0 Å². The topological polar surface area (TPSA) is 51.8 Å². The van der Waals surface area contributed by atoms with Crippen LogP contribution in [0.1, 0.15) is 0 Å². The molecule has 0 saturated carbocycles. The molecule has 4 heteroatoms. The smallest absolute Gasteiger partial charge is 0.164 e. The predicted molar refractivity (Wildman–Crippen MR) is 193 cm³/mol. The molecule has 0 fully saturated rings. The van der Waals surface area contributed by atoms with Crippen LogP contribution < -0.4 is 0 Å². The third-order valence-corrected chi connectivity index (χ3v) is 9.31. The van der Waals surface area contributed by atoms with Crippen LogP contribution in [0.25, 0.3) is 99.2 Å². The van der Waals surface area contributed by atoms with Gasteiger partial charge in [-0.1, -0.05) is 133 Å². The molecule has 2 heterocycles. The summed E-state index contributed by atoms with van der Waals surface area (Å²) in [6.07, 6.45) is 0. The Morgan fingerprint density at radius 3 is 1.83 bits per heavy atom. The SMILES string of the molecule is c1ccc(-c2nc(-c3ccc4c(c3)oc3ccccc34)nc(-c3cccc4ccc5c6ccc7ccccc7c6ccc5c34)n2)cc1. The van der Waals surface area contributed by atoms with Gasteiger partial charge in [0.2, 0.25) is 0 Å². The molecule has 0 amide bonds. The number of para-hydroxylation sites is 1. The van der Waals surface area contributed by atoms with E-state index < -0.39 is 0 Å². The molecule has 8 aromatic carbocycles. The number of furan rings is 1. The fraction of sp³-hybridized carbons (Fsp3) is 0.